The van der Waals surface area contributed by atoms with Crippen LogP contribution in [0.1, 0.15) is 5.56 Å². The molecular weight excluding hydrogens is 382 g/mol. The minimum atomic E-state index is -3.66. The number of nitrogens with one attached hydrogen (secondary N) is 1. The van der Waals surface area contributed by atoms with Crippen LogP contribution in [0, 0.1) is 18.3 Å². The van der Waals surface area contributed by atoms with Crippen molar-refractivity contribution in [2.45, 2.75) is 18.4 Å². The molecule has 0 radical (unpaired) electrons. The third kappa shape index (κ3) is 3.21. The van der Waals surface area contributed by atoms with Gasteiger partial charge < -0.3 is 10.1 Å². The van der Waals surface area contributed by atoms with Gasteiger partial charge >= 0.3 is 0 Å². The number of carbonyl (C=O) groups is 1. The molecule has 2 fully saturated rings. The predicted molar refractivity (Wildman–Crippen MR) is 99.7 cm³/mol. The molecule has 1 aromatic carbocycles. The molecule has 0 spiro atoms. The first-order valence-corrected chi connectivity index (χ1v) is 10.6. The van der Waals surface area contributed by atoms with Crippen LogP contribution in [0.4, 0.5) is 0 Å². The maximum Gasteiger partial charge on any atom is 0.243 e. The highest BCUT2D eigenvalue weighted by Crippen LogP contribution is 2.43. The molecule has 0 unspecified atom stereocenters. The molecular formula is C18H23N5O4S. The summed E-state index contributed by atoms with van der Waals surface area (Å²) in [6.07, 6.45) is 3.30. The second-order valence-electron chi connectivity index (χ2n) is 7.35. The molecule has 0 bridgehead atoms. The molecule has 2 aliphatic heterocycles. The van der Waals surface area contributed by atoms with Gasteiger partial charge in [-0.3, -0.25) is 9.48 Å². The topological polar surface area (TPSA) is 106 Å². The van der Waals surface area contributed by atoms with E-state index in [-0.39, 0.29) is 36.4 Å². The summed E-state index contributed by atoms with van der Waals surface area (Å²) in [7, 11) is -3.66. The molecule has 2 aromatic rings. The Hall–Kier alpha value is -2.30. The highest BCUT2D eigenvalue weighted by atomic mass is 32.2. The Balaban J connectivity index is 1.50. The number of nitrogens with zero attached hydrogens (tertiary/aromatic N) is 4. The van der Waals surface area contributed by atoms with Crippen molar-refractivity contribution in [3.63, 3.8) is 0 Å². The van der Waals surface area contributed by atoms with Crippen LogP contribution in [-0.2, 0) is 26.1 Å². The zero-order valence-corrected chi connectivity index (χ0v) is 16.4. The average molecular weight is 405 g/mol. The lowest BCUT2D eigenvalue weighted by Gasteiger charge is -2.26. The maximum atomic E-state index is 13.2. The lowest BCUT2D eigenvalue weighted by Crippen LogP contribution is -2.47. The monoisotopic (exact) mass is 405 g/mol. The summed E-state index contributed by atoms with van der Waals surface area (Å²) in [5.41, 5.74) is -0.153. The number of hydrogen-bond donors (Lipinski definition) is 1. The van der Waals surface area contributed by atoms with Crippen LogP contribution in [0.5, 0.6) is 0 Å². The van der Waals surface area contributed by atoms with Crippen molar-refractivity contribution in [3.8, 4) is 0 Å². The average Bonchev–Trinajstić information content (AvgIpc) is 3.38. The zero-order valence-electron chi connectivity index (χ0n) is 15.6. The highest BCUT2D eigenvalue weighted by molar-refractivity contribution is 7.89. The molecule has 4 rings (SSSR count). The lowest BCUT2D eigenvalue weighted by molar-refractivity contribution is -0.131. The van der Waals surface area contributed by atoms with Crippen LogP contribution in [0.15, 0.2) is 41.6 Å². The number of rotatable bonds is 6. The van der Waals surface area contributed by atoms with Gasteiger partial charge in [-0.15, -0.1) is 5.10 Å². The molecule has 150 valence electrons. The van der Waals surface area contributed by atoms with Crippen molar-refractivity contribution in [2.75, 3.05) is 32.8 Å². The van der Waals surface area contributed by atoms with Crippen LogP contribution in [0.25, 0.3) is 0 Å². The van der Waals surface area contributed by atoms with Crippen molar-refractivity contribution >= 4 is 15.9 Å². The summed E-state index contributed by atoms with van der Waals surface area (Å²) in [6.45, 7) is 3.69. The van der Waals surface area contributed by atoms with Crippen molar-refractivity contribution < 1.29 is 17.9 Å². The fourth-order valence-electron chi connectivity index (χ4n) is 3.99. The maximum absolute atomic E-state index is 13.2. The lowest BCUT2D eigenvalue weighted by atomic mass is 9.80. The van der Waals surface area contributed by atoms with Gasteiger partial charge in [-0.25, -0.2) is 8.42 Å². The Bertz CT molecular complexity index is 962. The normalized spacial score (nSPS) is 25.0. The molecule has 10 heteroatoms. The fraction of sp³-hybridized carbons (Fsp3) is 0.500. The van der Waals surface area contributed by atoms with Crippen molar-refractivity contribution in [1.82, 2.24) is 24.6 Å². The Labute approximate surface area is 163 Å². The largest absolute Gasteiger partial charge is 0.380 e. The van der Waals surface area contributed by atoms with Gasteiger partial charge in [0.2, 0.25) is 15.9 Å². The summed E-state index contributed by atoms with van der Waals surface area (Å²) >= 11 is 0. The summed E-state index contributed by atoms with van der Waals surface area (Å²) in [5.74, 6) is -0.324. The number of ether oxygens (including phenoxy) is 1. The van der Waals surface area contributed by atoms with Gasteiger partial charge in [-0.05, 0) is 18.6 Å². The minimum Gasteiger partial charge on any atom is -0.380 e. The van der Waals surface area contributed by atoms with Crippen molar-refractivity contribution in [3.05, 3.63) is 42.2 Å². The van der Waals surface area contributed by atoms with Gasteiger partial charge in [0.05, 0.1) is 36.3 Å². The van der Waals surface area contributed by atoms with Crippen LogP contribution in [0.3, 0.4) is 0 Å². The number of sulfonamides is 1. The molecule has 1 amide bonds. The third-order valence-corrected chi connectivity index (χ3v) is 7.58. The smallest absolute Gasteiger partial charge is 0.243 e. The van der Waals surface area contributed by atoms with Gasteiger partial charge in [0.1, 0.15) is 0 Å². The van der Waals surface area contributed by atoms with Crippen LogP contribution in [-0.4, -0.2) is 66.5 Å². The number of carbonyl (C=O) groups excluding carboxylic acids is 1. The van der Waals surface area contributed by atoms with E-state index >= 15 is 0 Å². The Morgan fingerprint density at radius 2 is 2.21 bits per heavy atom. The Morgan fingerprint density at radius 3 is 2.96 bits per heavy atom. The van der Waals surface area contributed by atoms with E-state index in [1.165, 1.54) is 4.31 Å². The second-order valence-corrected chi connectivity index (χ2v) is 9.26. The van der Waals surface area contributed by atoms with E-state index in [1.54, 1.807) is 42.2 Å². The molecule has 1 N–H and O–H groups in total. The molecule has 0 saturated carbocycles. The van der Waals surface area contributed by atoms with Crippen molar-refractivity contribution in [1.29, 1.82) is 0 Å². The molecule has 2 saturated heterocycles. The first kappa shape index (κ1) is 19.0. The minimum absolute atomic E-state index is 0.128. The molecule has 28 heavy (non-hydrogen) atoms. The van der Waals surface area contributed by atoms with Gasteiger partial charge in [-0.2, -0.15) is 4.31 Å². The fourth-order valence-corrected chi connectivity index (χ4v) is 5.77. The molecule has 2 atom stereocenters. The van der Waals surface area contributed by atoms with E-state index in [4.69, 9.17) is 4.74 Å². The van der Waals surface area contributed by atoms with E-state index < -0.39 is 15.4 Å². The van der Waals surface area contributed by atoms with Gasteiger partial charge in [0.25, 0.3) is 0 Å². The molecule has 2 aliphatic rings. The summed E-state index contributed by atoms with van der Waals surface area (Å²) < 4.78 is 34.9. The predicted octanol–water partition coefficient (Wildman–Crippen LogP) is 0.0400. The van der Waals surface area contributed by atoms with Gasteiger partial charge in [-0.1, -0.05) is 23.4 Å². The van der Waals surface area contributed by atoms with Gasteiger partial charge in [0.15, 0.2) is 0 Å². The first-order chi connectivity index (χ1) is 13.4. The number of aryl methyl sites for hydroxylation is 1. The highest BCUT2D eigenvalue weighted by Gasteiger charge is 2.58. The third-order valence-electron chi connectivity index (χ3n) is 5.60. The first-order valence-electron chi connectivity index (χ1n) is 9.19. The summed E-state index contributed by atoms with van der Waals surface area (Å²) in [4.78, 5) is 13.3. The Kier molecular flexibility index (Phi) is 4.94. The number of hydrogen-bond acceptors (Lipinski definition) is 6. The summed E-state index contributed by atoms with van der Waals surface area (Å²) in [6, 6.07) is 6.91. The van der Waals surface area contributed by atoms with E-state index in [2.05, 4.69) is 15.6 Å². The second kappa shape index (κ2) is 7.26. The molecule has 3 heterocycles. The summed E-state index contributed by atoms with van der Waals surface area (Å²) in [5, 5.41) is 10.5. The number of fused-ring (bicyclic) bond motifs is 1. The quantitative estimate of drug-likeness (QED) is 0.727. The van der Waals surface area contributed by atoms with Crippen LogP contribution in [0.2, 0.25) is 0 Å². The van der Waals surface area contributed by atoms with E-state index in [0.717, 1.165) is 0 Å². The van der Waals surface area contributed by atoms with Crippen LogP contribution < -0.4 is 5.32 Å². The van der Waals surface area contributed by atoms with E-state index in [0.29, 0.717) is 25.3 Å². The molecule has 9 nitrogen and oxygen atoms in total. The van der Waals surface area contributed by atoms with E-state index in [1.807, 2.05) is 6.07 Å². The standard InChI is InChI=1S/C18H23N5O4S/c1-14-4-2-3-5-16(14)28(25,26)23-10-15-11-27-13-18(15,12-23)17(24)19-6-8-22-9-7-20-21-22/h2-5,7,9,15H,6,8,10-13H2,1H3,(H,19,24)/t15-,18-/m1/s1. The van der Waals surface area contributed by atoms with Crippen molar-refractivity contribution in [2.24, 2.45) is 11.3 Å². The number of aromatic nitrogens is 3. The molecule has 0 aliphatic carbocycles. The van der Waals surface area contributed by atoms with Crippen LogP contribution >= 0.6 is 0 Å². The molecule has 1 aromatic heterocycles. The number of amides is 1. The van der Waals surface area contributed by atoms with E-state index in [9.17, 15) is 13.2 Å². The Morgan fingerprint density at radius 1 is 1.39 bits per heavy atom. The van der Waals surface area contributed by atoms with Gasteiger partial charge in [0, 0.05) is 31.7 Å². The zero-order chi connectivity index (χ0) is 19.8. The SMILES string of the molecule is Cc1ccccc1S(=O)(=O)N1C[C@@H]2COC[C@]2(C(=O)NCCn2ccnn2)C1. The number of benzene rings is 1.